The zero-order valence-electron chi connectivity index (χ0n) is 16.0. The molecule has 1 aromatic carbocycles. The van der Waals surface area contributed by atoms with Crippen LogP contribution in [0.5, 0.6) is 0 Å². The monoisotopic (exact) mass is 458 g/mol. The lowest BCUT2D eigenvalue weighted by atomic mass is 10.00. The van der Waals surface area contributed by atoms with Crippen LogP contribution in [0.2, 0.25) is 0 Å². The highest BCUT2D eigenvalue weighted by molar-refractivity contribution is 9.10. The number of halogens is 1. The smallest absolute Gasteiger partial charge is 0.232 e. The molecule has 0 aromatic heterocycles. The summed E-state index contributed by atoms with van der Waals surface area (Å²) in [6.45, 7) is 3.83. The number of carbonyl (C=O) groups is 1. The van der Waals surface area contributed by atoms with E-state index in [4.69, 9.17) is 0 Å². The third kappa shape index (κ3) is 7.45. The second kappa shape index (κ2) is 11.6. The Hall–Kier alpha value is -0.170. The van der Waals surface area contributed by atoms with Gasteiger partial charge in [-0.15, -0.1) is 23.5 Å². The van der Waals surface area contributed by atoms with E-state index in [2.05, 4.69) is 71.4 Å². The Morgan fingerprint density at radius 1 is 1.27 bits per heavy atom. The average Bonchev–Trinajstić information content (AvgIpc) is 2.61. The van der Waals surface area contributed by atoms with Crippen molar-refractivity contribution in [3.05, 3.63) is 28.7 Å². The molecule has 1 N–H and O–H groups in total. The maximum absolute atomic E-state index is 12.4. The van der Waals surface area contributed by atoms with E-state index in [-0.39, 0.29) is 11.2 Å². The van der Waals surface area contributed by atoms with Crippen molar-refractivity contribution in [1.82, 2.24) is 10.2 Å². The molecule has 146 valence electrons. The first-order valence-electron chi connectivity index (χ1n) is 9.46. The van der Waals surface area contributed by atoms with E-state index < -0.39 is 0 Å². The molecule has 1 amide bonds. The molecule has 3 atom stereocenters. The van der Waals surface area contributed by atoms with Crippen molar-refractivity contribution in [2.24, 2.45) is 0 Å². The van der Waals surface area contributed by atoms with E-state index in [1.54, 1.807) is 0 Å². The maximum Gasteiger partial charge on any atom is 0.232 e. The molecule has 0 saturated heterocycles. The van der Waals surface area contributed by atoms with E-state index in [0.717, 1.165) is 19.5 Å². The fourth-order valence-corrected chi connectivity index (χ4v) is 6.64. The third-order valence-electron chi connectivity index (χ3n) is 4.59. The minimum atomic E-state index is 0.0137. The Morgan fingerprint density at radius 2 is 1.96 bits per heavy atom. The summed E-state index contributed by atoms with van der Waals surface area (Å²) < 4.78 is 1.17. The first-order valence-corrected chi connectivity index (χ1v) is 12.1. The highest BCUT2D eigenvalue weighted by Crippen LogP contribution is 2.42. The lowest BCUT2D eigenvalue weighted by Crippen LogP contribution is -2.35. The predicted octanol–water partition coefficient (Wildman–Crippen LogP) is 5.04. The van der Waals surface area contributed by atoms with Crippen LogP contribution in [0, 0.1) is 0 Å². The molecular formula is C20H31BrN2OS2. The molecule has 3 unspecified atom stereocenters. The molecular weight excluding hydrogens is 428 g/mol. The van der Waals surface area contributed by atoms with Crippen LogP contribution in [0.3, 0.4) is 0 Å². The van der Waals surface area contributed by atoms with Gasteiger partial charge in [0.2, 0.25) is 5.91 Å². The first-order chi connectivity index (χ1) is 12.5. The van der Waals surface area contributed by atoms with Crippen LogP contribution in [-0.2, 0) is 4.79 Å². The zero-order valence-corrected chi connectivity index (χ0v) is 19.3. The van der Waals surface area contributed by atoms with Gasteiger partial charge in [-0.25, -0.2) is 0 Å². The topological polar surface area (TPSA) is 32.3 Å². The molecule has 3 nitrogen and oxygen atoms in total. The molecule has 26 heavy (non-hydrogen) atoms. The number of carbonyl (C=O) groups excluding carboxylic acids is 1. The van der Waals surface area contributed by atoms with E-state index in [0.29, 0.717) is 10.5 Å². The van der Waals surface area contributed by atoms with Gasteiger partial charge in [-0.3, -0.25) is 4.79 Å². The Kier molecular flexibility index (Phi) is 9.89. The number of hydrogen-bond acceptors (Lipinski definition) is 4. The van der Waals surface area contributed by atoms with Crippen molar-refractivity contribution in [1.29, 1.82) is 0 Å². The number of amides is 1. The third-order valence-corrected chi connectivity index (χ3v) is 8.73. The van der Waals surface area contributed by atoms with Gasteiger partial charge >= 0.3 is 0 Å². The number of rotatable bonds is 9. The fraction of sp³-hybridized carbons (Fsp3) is 0.650. The molecule has 6 heteroatoms. The summed E-state index contributed by atoms with van der Waals surface area (Å²) in [6, 6.07) is 8.45. The molecule has 0 radical (unpaired) electrons. The molecule has 1 aliphatic carbocycles. The van der Waals surface area contributed by atoms with Gasteiger partial charge in [0.1, 0.15) is 0 Å². The Labute approximate surface area is 175 Å². The van der Waals surface area contributed by atoms with Crippen molar-refractivity contribution in [2.45, 2.75) is 59.7 Å². The lowest BCUT2D eigenvalue weighted by molar-refractivity contribution is -0.120. The molecule has 1 fully saturated rings. The van der Waals surface area contributed by atoms with Crippen LogP contribution in [-0.4, -0.2) is 53.7 Å². The molecule has 0 heterocycles. The van der Waals surface area contributed by atoms with Crippen LogP contribution < -0.4 is 5.32 Å². The van der Waals surface area contributed by atoms with E-state index in [1.165, 1.54) is 35.1 Å². The number of benzene rings is 1. The van der Waals surface area contributed by atoms with Gasteiger partial charge in [0, 0.05) is 26.4 Å². The Balaban J connectivity index is 1.84. The van der Waals surface area contributed by atoms with Crippen molar-refractivity contribution >= 4 is 45.4 Å². The minimum absolute atomic E-state index is 0.0137. The van der Waals surface area contributed by atoms with E-state index >= 15 is 0 Å². The standard InChI is InChI=1S/C20H31BrN2OS2/c1-15(20(24)22-13-8-14-23(2)3)25-18-11-6-7-12-19(18)26-17-10-5-4-9-16(17)21/h4-5,9-10,15,18-19H,6-8,11-14H2,1-3H3,(H,22,24). The molecule has 2 rings (SSSR count). The van der Waals surface area contributed by atoms with Gasteiger partial charge in [-0.2, -0.15) is 0 Å². The molecule has 1 saturated carbocycles. The second-order valence-electron chi connectivity index (χ2n) is 7.14. The van der Waals surface area contributed by atoms with Crippen molar-refractivity contribution in [2.75, 3.05) is 27.2 Å². The van der Waals surface area contributed by atoms with Crippen LogP contribution in [0.4, 0.5) is 0 Å². The maximum atomic E-state index is 12.4. The highest BCUT2D eigenvalue weighted by atomic mass is 79.9. The summed E-state index contributed by atoms with van der Waals surface area (Å²) in [5.74, 6) is 0.184. The number of thioether (sulfide) groups is 2. The van der Waals surface area contributed by atoms with Crippen LogP contribution in [0.25, 0.3) is 0 Å². The number of nitrogens with one attached hydrogen (secondary N) is 1. The van der Waals surface area contributed by atoms with Crippen molar-refractivity contribution < 1.29 is 4.79 Å². The molecule has 0 aliphatic heterocycles. The summed E-state index contributed by atoms with van der Waals surface area (Å²) in [6.07, 6.45) is 6.03. The molecule has 0 spiro atoms. The fourth-order valence-electron chi connectivity index (χ4n) is 3.13. The first kappa shape index (κ1) is 22.1. The average molecular weight is 460 g/mol. The SMILES string of the molecule is CC(SC1CCCCC1Sc1ccccc1Br)C(=O)NCCCN(C)C. The molecule has 1 aliphatic rings. The van der Waals surface area contributed by atoms with Crippen LogP contribution in [0.1, 0.15) is 39.0 Å². The van der Waals surface area contributed by atoms with E-state index in [9.17, 15) is 4.79 Å². The summed E-state index contributed by atoms with van der Waals surface area (Å²) in [5.41, 5.74) is 0. The summed E-state index contributed by atoms with van der Waals surface area (Å²) in [4.78, 5) is 15.9. The van der Waals surface area contributed by atoms with Gasteiger partial charge in [0.05, 0.1) is 5.25 Å². The van der Waals surface area contributed by atoms with Crippen LogP contribution in [0.15, 0.2) is 33.6 Å². The quantitative estimate of drug-likeness (QED) is 0.525. The van der Waals surface area contributed by atoms with Gasteiger partial charge in [0.25, 0.3) is 0 Å². The molecule has 0 bridgehead atoms. The van der Waals surface area contributed by atoms with Crippen LogP contribution >= 0.6 is 39.5 Å². The van der Waals surface area contributed by atoms with Crippen molar-refractivity contribution in [3.63, 3.8) is 0 Å². The summed E-state index contributed by atoms with van der Waals surface area (Å²) in [5, 5.41) is 4.24. The lowest BCUT2D eigenvalue weighted by Gasteiger charge is -2.32. The van der Waals surface area contributed by atoms with Gasteiger partial charge in [-0.05, 0) is 74.9 Å². The van der Waals surface area contributed by atoms with E-state index in [1.807, 2.05) is 23.5 Å². The Morgan fingerprint density at radius 3 is 2.65 bits per heavy atom. The highest BCUT2D eigenvalue weighted by Gasteiger charge is 2.30. The largest absolute Gasteiger partial charge is 0.355 e. The minimum Gasteiger partial charge on any atom is -0.355 e. The normalized spacial score (nSPS) is 21.6. The summed E-state index contributed by atoms with van der Waals surface area (Å²) >= 11 is 7.51. The number of nitrogens with zero attached hydrogens (tertiary/aromatic N) is 1. The van der Waals surface area contributed by atoms with Gasteiger partial charge < -0.3 is 10.2 Å². The predicted molar refractivity (Wildman–Crippen MR) is 119 cm³/mol. The Bertz CT molecular complexity index is 570. The summed E-state index contributed by atoms with van der Waals surface area (Å²) in [7, 11) is 4.12. The van der Waals surface area contributed by atoms with Gasteiger partial charge in [-0.1, -0.05) is 25.0 Å². The van der Waals surface area contributed by atoms with Crippen molar-refractivity contribution in [3.8, 4) is 0 Å². The second-order valence-corrected chi connectivity index (χ2v) is 10.9. The zero-order chi connectivity index (χ0) is 18.9. The van der Waals surface area contributed by atoms with Gasteiger partial charge in [0.15, 0.2) is 0 Å². The molecule has 1 aromatic rings. The number of hydrogen-bond donors (Lipinski definition) is 1.